The highest BCUT2D eigenvalue weighted by atomic mass is 16.5. The van der Waals surface area contributed by atoms with Crippen LogP contribution in [0.25, 0.3) is 0 Å². The van der Waals surface area contributed by atoms with E-state index in [-0.39, 0.29) is 18.0 Å². The van der Waals surface area contributed by atoms with Crippen LogP contribution in [0.4, 0.5) is 4.79 Å². The number of nitrogens with zero attached hydrogens (tertiary/aromatic N) is 2. The zero-order chi connectivity index (χ0) is 18.6. The Morgan fingerprint density at radius 3 is 2.89 bits per heavy atom. The molecule has 3 aliphatic rings. The average molecular weight is 368 g/mol. The van der Waals surface area contributed by atoms with Crippen LogP contribution >= 0.6 is 0 Å². The molecule has 27 heavy (non-hydrogen) atoms. The molecular weight excluding hydrogens is 339 g/mol. The van der Waals surface area contributed by atoms with Gasteiger partial charge < -0.3 is 9.64 Å². The lowest BCUT2D eigenvalue weighted by Crippen LogP contribution is -2.33. The summed E-state index contributed by atoms with van der Waals surface area (Å²) in [7, 11) is 1.18. The smallest absolute Gasteiger partial charge is 0.327 e. The molecule has 0 aromatic heterocycles. The van der Waals surface area contributed by atoms with Crippen molar-refractivity contribution in [3.05, 3.63) is 29.8 Å². The van der Waals surface area contributed by atoms with Crippen LogP contribution in [0.5, 0.6) is 5.75 Å². The van der Waals surface area contributed by atoms with Gasteiger partial charge in [-0.1, -0.05) is 37.4 Å². The zero-order valence-electron chi connectivity index (χ0n) is 16.1. The number of imide groups is 1. The maximum absolute atomic E-state index is 12.3. The first-order valence-corrected chi connectivity index (χ1v) is 10.6. The number of hydrogen-bond donors (Lipinski definition) is 0. The first-order valence-electron chi connectivity index (χ1n) is 10.6. The molecule has 0 aliphatic carbocycles. The van der Waals surface area contributed by atoms with Gasteiger partial charge in [-0.25, -0.2) is 4.79 Å². The van der Waals surface area contributed by atoms with Gasteiger partial charge in [0.05, 0.1) is 6.10 Å². The molecule has 3 aliphatic heterocycles. The third kappa shape index (κ3) is 3.99. The highest BCUT2D eigenvalue weighted by Gasteiger charge is 2.46. The number of carbonyl (C=O) groups is 2. The summed E-state index contributed by atoms with van der Waals surface area (Å²) in [5.41, 5.74) is 1.33. The van der Waals surface area contributed by atoms with E-state index in [0.717, 1.165) is 63.6 Å². The Hall–Kier alpha value is -1.98. The number of benzene rings is 1. The third-order valence-electron chi connectivity index (χ3n) is 6.19. The van der Waals surface area contributed by atoms with Crippen LogP contribution in [-0.2, 0) is 11.2 Å². The number of unbranched alkanes of at least 4 members (excludes halogenated alkanes) is 2. The lowest BCUT2D eigenvalue weighted by molar-refractivity contribution is -0.128. The Morgan fingerprint density at radius 1 is 1.11 bits per heavy atom. The van der Waals surface area contributed by atoms with Crippen LogP contribution in [0.3, 0.4) is 0 Å². The van der Waals surface area contributed by atoms with E-state index >= 15 is 0 Å². The summed E-state index contributed by atoms with van der Waals surface area (Å²) >= 11 is 0. The summed E-state index contributed by atoms with van der Waals surface area (Å²) < 4.78 is 6.10. The fraction of sp³-hybridized carbons (Fsp3) is 0.619. The Labute approximate surface area is 162 Å². The van der Waals surface area contributed by atoms with Crippen molar-refractivity contribution >= 4 is 19.2 Å². The van der Waals surface area contributed by atoms with E-state index in [4.69, 9.17) is 4.74 Å². The molecule has 2 unspecified atom stereocenters. The van der Waals surface area contributed by atoms with Gasteiger partial charge >= 0.3 is 6.03 Å². The van der Waals surface area contributed by atoms with Crippen molar-refractivity contribution in [2.24, 2.45) is 0 Å². The predicted octanol–water partition coefficient (Wildman–Crippen LogP) is 3.25. The molecule has 0 N–H and O–H groups in total. The number of urea groups is 1. The number of amides is 3. The number of rotatable bonds is 8. The van der Waals surface area contributed by atoms with Crippen molar-refractivity contribution < 1.29 is 14.3 Å². The molecule has 1 aromatic carbocycles. The largest absolute Gasteiger partial charge is 0.491 e. The van der Waals surface area contributed by atoms with Crippen LogP contribution in [0.2, 0.25) is 12.6 Å². The molecule has 0 saturated carbocycles. The van der Waals surface area contributed by atoms with E-state index in [1.165, 1.54) is 24.1 Å². The van der Waals surface area contributed by atoms with Gasteiger partial charge in [-0.3, -0.25) is 9.69 Å². The third-order valence-corrected chi connectivity index (χ3v) is 6.19. The van der Waals surface area contributed by atoms with E-state index in [2.05, 4.69) is 18.2 Å². The molecule has 0 spiro atoms. The molecule has 2 saturated heterocycles. The van der Waals surface area contributed by atoms with Gasteiger partial charge in [0.2, 0.25) is 0 Å². The Bertz CT molecular complexity index is 674. The van der Waals surface area contributed by atoms with Crippen molar-refractivity contribution in [1.29, 1.82) is 0 Å². The van der Waals surface area contributed by atoms with Crippen LogP contribution in [0.15, 0.2) is 24.3 Å². The Balaban J connectivity index is 1.08. The molecule has 3 heterocycles. The Kier molecular flexibility index (Phi) is 5.70. The van der Waals surface area contributed by atoms with E-state index in [1.807, 2.05) is 6.07 Å². The molecule has 2 fully saturated rings. The number of para-hydroxylation sites is 1. The molecule has 5 nitrogen and oxygen atoms in total. The first kappa shape index (κ1) is 18.4. The molecule has 144 valence electrons. The van der Waals surface area contributed by atoms with Crippen LogP contribution < -0.4 is 4.74 Å². The summed E-state index contributed by atoms with van der Waals surface area (Å²) in [6.45, 7) is 1.34. The molecule has 0 radical (unpaired) electrons. The first-order chi connectivity index (χ1) is 13.2. The van der Waals surface area contributed by atoms with Crippen molar-refractivity contribution in [3.8, 4) is 5.75 Å². The maximum atomic E-state index is 12.3. The summed E-state index contributed by atoms with van der Waals surface area (Å²) in [6, 6.07) is 8.14. The van der Waals surface area contributed by atoms with Crippen molar-refractivity contribution in [2.75, 3.05) is 13.1 Å². The van der Waals surface area contributed by atoms with Gasteiger partial charge in [-0.2, -0.15) is 0 Å². The van der Waals surface area contributed by atoms with Crippen LogP contribution in [0, 0.1) is 0 Å². The van der Waals surface area contributed by atoms with E-state index in [9.17, 15) is 9.59 Å². The maximum Gasteiger partial charge on any atom is 0.327 e. The minimum Gasteiger partial charge on any atom is -0.491 e. The van der Waals surface area contributed by atoms with Gasteiger partial charge in [0.25, 0.3) is 5.91 Å². The summed E-state index contributed by atoms with van der Waals surface area (Å²) in [4.78, 5) is 27.8. The quantitative estimate of drug-likeness (QED) is 0.402. The van der Waals surface area contributed by atoms with E-state index < -0.39 is 0 Å². The van der Waals surface area contributed by atoms with Crippen molar-refractivity contribution in [1.82, 2.24) is 9.80 Å². The number of hydrogen-bond acceptors (Lipinski definition) is 3. The number of ether oxygens (including phenoxy) is 1. The van der Waals surface area contributed by atoms with Gasteiger partial charge in [-0.15, -0.1) is 0 Å². The van der Waals surface area contributed by atoms with Crippen molar-refractivity contribution in [2.45, 2.75) is 69.7 Å². The molecule has 2 atom stereocenters. The van der Waals surface area contributed by atoms with Crippen LogP contribution in [-0.4, -0.2) is 54.3 Å². The molecule has 0 bridgehead atoms. The number of aryl methyl sites for hydroxylation is 1. The van der Waals surface area contributed by atoms with Gasteiger partial charge in [0.15, 0.2) is 0 Å². The minimum atomic E-state index is -0.155. The summed E-state index contributed by atoms with van der Waals surface area (Å²) in [6.07, 6.45) is 9.87. The van der Waals surface area contributed by atoms with Gasteiger partial charge in [0, 0.05) is 13.1 Å². The second kappa shape index (κ2) is 8.36. The van der Waals surface area contributed by atoms with E-state index in [1.54, 1.807) is 4.90 Å². The summed E-state index contributed by atoms with van der Waals surface area (Å²) in [5.74, 6) is 1.10. The lowest BCUT2D eigenvalue weighted by atomic mass is 9.67. The van der Waals surface area contributed by atoms with Crippen molar-refractivity contribution in [3.63, 3.8) is 0 Å². The van der Waals surface area contributed by atoms with E-state index in [0.29, 0.717) is 12.6 Å². The fourth-order valence-electron chi connectivity index (χ4n) is 4.64. The second-order valence-corrected chi connectivity index (χ2v) is 8.07. The topological polar surface area (TPSA) is 49.9 Å². The molecule has 3 amide bonds. The average Bonchev–Trinajstić information content (AvgIpc) is 3.26. The normalized spacial score (nSPS) is 24.0. The highest BCUT2D eigenvalue weighted by Crippen LogP contribution is 2.29. The Morgan fingerprint density at radius 2 is 2.00 bits per heavy atom. The number of carbonyl (C=O) groups excluding carboxylic acids is 2. The highest BCUT2D eigenvalue weighted by molar-refractivity contribution is 6.35. The molecule has 4 rings (SSSR count). The second-order valence-electron chi connectivity index (χ2n) is 8.07. The molecule has 1 aromatic rings. The van der Waals surface area contributed by atoms with Gasteiger partial charge in [-0.05, 0) is 50.1 Å². The number of fused-ring (bicyclic) bond motifs is 2. The standard InChI is InChI=1S/C21H29BN2O3/c25-20-18-8-6-14-23(18)21(26)24(20)13-5-1-4-12-22-15-17-11-10-16-7-2-3-9-19(16)27-17/h2-3,7,9,17-18,22H,1,4-6,8,10-15H2. The monoisotopic (exact) mass is 368 g/mol. The SMILES string of the molecule is O=C1C2CCCN2C(=O)N1CCCCCBCC1CCc2ccccc2O1. The summed E-state index contributed by atoms with van der Waals surface area (Å²) in [5, 5.41) is 0. The zero-order valence-corrected chi connectivity index (χ0v) is 16.1. The molecular formula is C21H29BN2O3. The van der Waals surface area contributed by atoms with Gasteiger partial charge in [0.1, 0.15) is 19.1 Å². The predicted molar refractivity (Wildman–Crippen MR) is 107 cm³/mol. The minimum absolute atomic E-state index is 0.0345. The molecule has 6 heteroatoms. The van der Waals surface area contributed by atoms with Crippen LogP contribution in [0.1, 0.15) is 44.1 Å². The lowest BCUT2D eigenvalue weighted by Gasteiger charge is -2.25. The fourth-order valence-corrected chi connectivity index (χ4v) is 4.64.